The Morgan fingerprint density at radius 3 is 2.94 bits per heavy atom. The number of hydrogen-bond acceptors (Lipinski definition) is 2. The van der Waals surface area contributed by atoms with Gasteiger partial charge in [0.2, 0.25) is 5.88 Å². The summed E-state index contributed by atoms with van der Waals surface area (Å²) in [4.78, 5) is 4.21. The molecular weight excluding hydrogens is 200 g/mol. The molecule has 0 aliphatic heterocycles. The normalized spacial score (nSPS) is 11.1. The number of rotatable bonds is 2. The average Bonchev–Trinajstić information content (AvgIpc) is 2.94. The van der Waals surface area contributed by atoms with Gasteiger partial charge >= 0.3 is 0 Å². The van der Waals surface area contributed by atoms with Crippen molar-refractivity contribution in [3.8, 4) is 5.88 Å². The topological polar surface area (TPSA) is 31.0 Å². The molecule has 3 aromatic rings. The van der Waals surface area contributed by atoms with Crippen LogP contribution in [0.4, 0.5) is 0 Å². The second-order valence-corrected chi connectivity index (χ2v) is 3.69. The lowest BCUT2D eigenvalue weighted by atomic mass is 10.2. The van der Waals surface area contributed by atoms with Gasteiger partial charge in [0.25, 0.3) is 0 Å². The van der Waals surface area contributed by atoms with Crippen LogP contribution in [0.15, 0.2) is 47.1 Å². The minimum absolute atomic E-state index is 0.771. The summed E-state index contributed by atoms with van der Waals surface area (Å²) in [7, 11) is 0. The smallest absolute Gasteiger partial charge is 0.224 e. The maximum atomic E-state index is 5.64. The molecule has 16 heavy (non-hydrogen) atoms. The number of fused-ring (bicyclic) bond motifs is 1. The van der Waals surface area contributed by atoms with Crippen LogP contribution in [0.3, 0.4) is 0 Å². The van der Waals surface area contributed by atoms with Crippen molar-refractivity contribution in [1.82, 2.24) is 9.55 Å². The second kappa shape index (κ2) is 3.52. The summed E-state index contributed by atoms with van der Waals surface area (Å²) in [5, 5.41) is 1.21. The number of benzene rings is 1. The summed E-state index contributed by atoms with van der Waals surface area (Å²) >= 11 is 0. The van der Waals surface area contributed by atoms with Crippen molar-refractivity contribution in [2.24, 2.45) is 0 Å². The van der Waals surface area contributed by atoms with E-state index in [4.69, 9.17) is 4.42 Å². The molecule has 0 aliphatic rings. The van der Waals surface area contributed by atoms with Crippen molar-refractivity contribution in [3.63, 3.8) is 0 Å². The molecular formula is C13H12N2O. The molecule has 0 radical (unpaired) electrons. The zero-order chi connectivity index (χ0) is 11.0. The van der Waals surface area contributed by atoms with Gasteiger partial charge in [-0.15, -0.1) is 0 Å². The molecule has 2 aromatic heterocycles. The van der Waals surface area contributed by atoms with Crippen molar-refractivity contribution in [2.45, 2.75) is 13.3 Å². The van der Waals surface area contributed by atoms with Crippen molar-refractivity contribution >= 4 is 10.9 Å². The van der Waals surface area contributed by atoms with Gasteiger partial charge in [-0.05, 0) is 12.1 Å². The maximum absolute atomic E-state index is 5.64. The number of nitrogens with zero attached hydrogens (tertiary/aromatic N) is 2. The zero-order valence-electron chi connectivity index (χ0n) is 9.05. The lowest BCUT2D eigenvalue weighted by Crippen LogP contribution is -1.88. The van der Waals surface area contributed by atoms with Gasteiger partial charge < -0.3 is 4.42 Å². The predicted octanol–water partition coefficient (Wildman–Crippen LogP) is 3.18. The number of para-hydroxylation sites is 1. The number of oxazole rings is 1. The molecule has 0 fully saturated rings. The Morgan fingerprint density at radius 1 is 1.25 bits per heavy atom. The molecule has 3 nitrogen and oxygen atoms in total. The summed E-state index contributed by atoms with van der Waals surface area (Å²) in [6.07, 6.45) is 4.59. The number of hydrogen-bond donors (Lipinski definition) is 0. The van der Waals surface area contributed by atoms with Gasteiger partial charge in [0, 0.05) is 18.0 Å². The van der Waals surface area contributed by atoms with Crippen LogP contribution in [0.1, 0.15) is 12.8 Å². The molecule has 0 atom stereocenters. The first kappa shape index (κ1) is 9.21. The monoisotopic (exact) mass is 212 g/mol. The van der Waals surface area contributed by atoms with E-state index in [0.29, 0.717) is 0 Å². The Morgan fingerprint density at radius 2 is 2.12 bits per heavy atom. The molecule has 0 amide bonds. The lowest BCUT2D eigenvalue weighted by molar-refractivity contribution is 0.486. The highest BCUT2D eigenvalue weighted by Gasteiger charge is 2.06. The minimum Gasteiger partial charge on any atom is -0.424 e. The van der Waals surface area contributed by atoms with E-state index < -0.39 is 0 Å². The quantitative estimate of drug-likeness (QED) is 0.653. The first-order valence-electron chi connectivity index (χ1n) is 5.39. The molecule has 3 heteroatoms. The number of aryl methyl sites for hydroxylation is 1. The summed E-state index contributed by atoms with van der Waals surface area (Å²) < 4.78 is 7.65. The van der Waals surface area contributed by atoms with E-state index in [1.54, 1.807) is 6.20 Å². The first-order valence-corrected chi connectivity index (χ1v) is 5.39. The van der Waals surface area contributed by atoms with Gasteiger partial charge in [-0.3, -0.25) is 4.57 Å². The van der Waals surface area contributed by atoms with Crippen molar-refractivity contribution in [1.29, 1.82) is 0 Å². The Hall–Kier alpha value is -2.03. The van der Waals surface area contributed by atoms with E-state index in [-0.39, 0.29) is 0 Å². The van der Waals surface area contributed by atoms with E-state index in [2.05, 4.69) is 23.2 Å². The molecule has 1 aromatic carbocycles. The Bertz CT molecular complexity index is 621. The van der Waals surface area contributed by atoms with Gasteiger partial charge in [0.05, 0.1) is 11.7 Å². The fourth-order valence-corrected chi connectivity index (χ4v) is 1.85. The largest absolute Gasteiger partial charge is 0.424 e. The summed E-state index contributed by atoms with van der Waals surface area (Å²) in [5.74, 6) is 1.55. The van der Waals surface area contributed by atoms with Crippen LogP contribution in [0.5, 0.6) is 0 Å². The van der Waals surface area contributed by atoms with Gasteiger partial charge in [-0.1, -0.05) is 25.1 Å². The van der Waals surface area contributed by atoms with Crippen LogP contribution >= 0.6 is 0 Å². The lowest BCUT2D eigenvalue weighted by Gasteiger charge is -1.99. The van der Waals surface area contributed by atoms with E-state index in [9.17, 15) is 0 Å². The highest BCUT2D eigenvalue weighted by molar-refractivity contribution is 5.81. The van der Waals surface area contributed by atoms with Crippen molar-refractivity contribution in [2.75, 3.05) is 0 Å². The molecule has 0 spiro atoms. The minimum atomic E-state index is 0.771. The van der Waals surface area contributed by atoms with Crippen LogP contribution in [-0.4, -0.2) is 9.55 Å². The predicted molar refractivity (Wildman–Crippen MR) is 62.7 cm³/mol. The van der Waals surface area contributed by atoms with Gasteiger partial charge in [-0.25, -0.2) is 4.98 Å². The van der Waals surface area contributed by atoms with E-state index in [1.807, 2.05) is 29.8 Å². The van der Waals surface area contributed by atoms with Crippen LogP contribution in [-0.2, 0) is 6.42 Å². The molecule has 0 saturated carbocycles. The summed E-state index contributed by atoms with van der Waals surface area (Å²) in [5.41, 5.74) is 1.14. The third kappa shape index (κ3) is 1.33. The Balaban J connectivity index is 2.18. The molecule has 0 bridgehead atoms. The van der Waals surface area contributed by atoms with Crippen molar-refractivity contribution in [3.05, 3.63) is 48.6 Å². The fraction of sp³-hybridized carbons (Fsp3) is 0.154. The summed E-state index contributed by atoms with van der Waals surface area (Å²) in [6.45, 7) is 2.03. The molecule has 0 aliphatic carbocycles. The van der Waals surface area contributed by atoms with E-state index >= 15 is 0 Å². The molecule has 80 valence electrons. The van der Waals surface area contributed by atoms with Gasteiger partial charge in [0.1, 0.15) is 0 Å². The number of aromatic nitrogens is 2. The van der Waals surface area contributed by atoms with Crippen molar-refractivity contribution < 1.29 is 4.42 Å². The van der Waals surface area contributed by atoms with E-state index in [0.717, 1.165) is 23.7 Å². The molecule has 0 unspecified atom stereocenters. The highest BCUT2D eigenvalue weighted by Crippen LogP contribution is 2.20. The average molecular weight is 212 g/mol. The summed E-state index contributed by atoms with van der Waals surface area (Å²) in [6, 6.07) is 10.3. The Kier molecular flexibility index (Phi) is 2.03. The van der Waals surface area contributed by atoms with Crippen LogP contribution in [0, 0.1) is 0 Å². The maximum Gasteiger partial charge on any atom is 0.224 e. The van der Waals surface area contributed by atoms with Gasteiger partial charge in [0.15, 0.2) is 5.89 Å². The third-order valence-corrected chi connectivity index (χ3v) is 2.68. The first-order chi connectivity index (χ1) is 7.88. The van der Waals surface area contributed by atoms with Crippen LogP contribution in [0.25, 0.3) is 16.8 Å². The van der Waals surface area contributed by atoms with Crippen LogP contribution in [0.2, 0.25) is 0 Å². The molecule has 0 N–H and O–H groups in total. The standard InChI is InChI=1S/C13H12N2O/c1-2-12-14-9-13(16-12)15-8-7-10-5-3-4-6-11(10)15/h3-9H,2H2,1H3. The SMILES string of the molecule is CCc1ncc(-n2ccc3ccccc32)o1. The fourth-order valence-electron chi connectivity index (χ4n) is 1.85. The van der Waals surface area contributed by atoms with E-state index in [1.165, 1.54) is 5.39 Å². The molecule has 3 rings (SSSR count). The van der Waals surface area contributed by atoms with Gasteiger partial charge in [-0.2, -0.15) is 0 Å². The third-order valence-electron chi connectivity index (χ3n) is 2.68. The Labute approximate surface area is 93.3 Å². The van der Waals surface area contributed by atoms with Crippen LogP contribution < -0.4 is 0 Å². The zero-order valence-corrected chi connectivity index (χ0v) is 9.05. The molecule has 2 heterocycles. The highest BCUT2D eigenvalue weighted by atomic mass is 16.4. The molecule has 0 saturated heterocycles. The second-order valence-electron chi connectivity index (χ2n) is 3.69.